The summed E-state index contributed by atoms with van der Waals surface area (Å²) in [6.45, 7) is 3.22. The van der Waals surface area contributed by atoms with Crippen LogP contribution in [0.25, 0.3) is 0 Å². The van der Waals surface area contributed by atoms with E-state index in [1.54, 1.807) is 12.3 Å². The van der Waals surface area contributed by atoms with E-state index in [2.05, 4.69) is 15.5 Å². The Morgan fingerprint density at radius 1 is 1.61 bits per heavy atom. The predicted octanol–water partition coefficient (Wildman–Crippen LogP) is 0.427. The highest BCUT2D eigenvalue weighted by Crippen LogP contribution is 2.05. The van der Waals surface area contributed by atoms with E-state index < -0.39 is 0 Å². The molecule has 0 spiro atoms. The summed E-state index contributed by atoms with van der Waals surface area (Å²) in [6.07, 6.45) is 2.78. The molecule has 1 heterocycles. The van der Waals surface area contributed by atoms with Crippen LogP contribution >= 0.6 is 0 Å². The van der Waals surface area contributed by atoms with Crippen LogP contribution in [0.15, 0.2) is 23.5 Å². The van der Waals surface area contributed by atoms with E-state index >= 15 is 0 Å². The minimum Gasteiger partial charge on any atom is -0.409 e. The lowest BCUT2D eigenvalue weighted by molar-refractivity contribution is 0.159. The van der Waals surface area contributed by atoms with Crippen molar-refractivity contribution in [2.75, 3.05) is 6.54 Å². The van der Waals surface area contributed by atoms with Crippen LogP contribution in [-0.2, 0) is 6.54 Å². The summed E-state index contributed by atoms with van der Waals surface area (Å²) in [7, 11) is 0. The van der Waals surface area contributed by atoms with Crippen molar-refractivity contribution in [2.24, 2.45) is 10.9 Å². The molecule has 0 aliphatic carbocycles. The fraction of sp³-hybridized carbons (Fsp3) is 0.500. The molecule has 6 nitrogen and oxygen atoms in total. The van der Waals surface area contributed by atoms with Crippen LogP contribution in [0.2, 0.25) is 0 Å². The van der Waals surface area contributed by atoms with Gasteiger partial charge in [0.2, 0.25) is 0 Å². The number of hydrogen-bond acceptors (Lipinski definition) is 5. The van der Waals surface area contributed by atoms with Gasteiger partial charge in [-0.3, -0.25) is 4.98 Å². The van der Waals surface area contributed by atoms with E-state index in [1.807, 2.05) is 13.0 Å². The van der Waals surface area contributed by atoms with Crippen molar-refractivity contribution < 1.29 is 10.3 Å². The van der Waals surface area contributed by atoms with Gasteiger partial charge in [-0.25, -0.2) is 0 Å². The van der Waals surface area contributed by atoms with Crippen molar-refractivity contribution in [2.45, 2.75) is 32.4 Å². The number of hydrogen-bond donors (Lipinski definition) is 4. The predicted molar refractivity (Wildman–Crippen MR) is 69.4 cm³/mol. The van der Waals surface area contributed by atoms with Crippen molar-refractivity contribution in [1.82, 2.24) is 10.3 Å². The van der Waals surface area contributed by atoms with Crippen LogP contribution in [0.4, 0.5) is 0 Å². The average Bonchev–Trinajstić information content (AvgIpc) is 2.42. The molecule has 1 rings (SSSR count). The number of nitrogens with one attached hydrogen (secondary N) is 1. The second kappa shape index (κ2) is 7.62. The van der Waals surface area contributed by atoms with Crippen LogP contribution < -0.4 is 11.1 Å². The zero-order valence-electron chi connectivity index (χ0n) is 10.5. The Kier molecular flexibility index (Phi) is 6.10. The first kappa shape index (κ1) is 14.4. The van der Waals surface area contributed by atoms with Gasteiger partial charge in [-0.05, 0) is 31.0 Å². The maximum atomic E-state index is 9.41. The Morgan fingerprint density at radius 2 is 2.39 bits per heavy atom. The van der Waals surface area contributed by atoms with Gasteiger partial charge in [-0.2, -0.15) is 0 Å². The van der Waals surface area contributed by atoms with Crippen molar-refractivity contribution >= 4 is 5.84 Å². The maximum Gasteiger partial charge on any atom is 0.189 e. The number of nitrogens with zero attached hydrogens (tertiary/aromatic N) is 2. The molecule has 0 aliphatic rings. The largest absolute Gasteiger partial charge is 0.409 e. The summed E-state index contributed by atoms with van der Waals surface area (Å²) in [5.74, 6) is 0.000919. The first-order valence-electron chi connectivity index (χ1n) is 5.99. The SMILES string of the molecule is CCC(O)CCNCc1cccnc1/C(N)=N/O. The molecule has 0 aromatic carbocycles. The molecule has 1 atom stereocenters. The zero-order chi connectivity index (χ0) is 13.4. The van der Waals surface area contributed by atoms with Crippen LogP contribution in [0.1, 0.15) is 31.0 Å². The van der Waals surface area contributed by atoms with Gasteiger partial charge < -0.3 is 21.4 Å². The van der Waals surface area contributed by atoms with Gasteiger partial charge in [0.05, 0.1) is 6.10 Å². The summed E-state index contributed by atoms with van der Waals surface area (Å²) in [6, 6.07) is 3.66. The molecule has 0 saturated heterocycles. The number of aliphatic hydroxyl groups is 1. The van der Waals surface area contributed by atoms with Crippen molar-refractivity contribution in [3.05, 3.63) is 29.6 Å². The van der Waals surface area contributed by atoms with Crippen LogP contribution in [0, 0.1) is 0 Å². The molecule has 1 aromatic rings. The number of rotatable bonds is 7. The summed E-state index contributed by atoms with van der Waals surface area (Å²) >= 11 is 0. The number of pyridine rings is 1. The van der Waals surface area contributed by atoms with E-state index in [0.29, 0.717) is 25.2 Å². The molecular formula is C12H20N4O2. The lowest BCUT2D eigenvalue weighted by atomic mass is 10.1. The average molecular weight is 252 g/mol. The molecular weight excluding hydrogens is 232 g/mol. The molecule has 0 amide bonds. The number of oxime groups is 1. The lowest BCUT2D eigenvalue weighted by Gasteiger charge is -2.10. The van der Waals surface area contributed by atoms with Gasteiger partial charge in [0.1, 0.15) is 5.69 Å². The number of amidine groups is 1. The van der Waals surface area contributed by atoms with Crippen LogP contribution in [0.5, 0.6) is 0 Å². The minimum absolute atomic E-state index is 0.000919. The second-order valence-electron chi connectivity index (χ2n) is 4.02. The molecule has 0 bridgehead atoms. The molecule has 0 aliphatic heterocycles. The third-order valence-corrected chi connectivity index (χ3v) is 2.68. The topological polar surface area (TPSA) is 104 Å². The van der Waals surface area contributed by atoms with Gasteiger partial charge >= 0.3 is 0 Å². The lowest BCUT2D eigenvalue weighted by Crippen LogP contribution is -2.23. The summed E-state index contributed by atoms with van der Waals surface area (Å²) in [5, 5.41) is 24.2. The van der Waals surface area contributed by atoms with E-state index in [0.717, 1.165) is 12.0 Å². The molecule has 6 heteroatoms. The smallest absolute Gasteiger partial charge is 0.189 e. The summed E-state index contributed by atoms with van der Waals surface area (Å²) in [5.41, 5.74) is 6.87. The highest BCUT2D eigenvalue weighted by atomic mass is 16.4. The van der Waals surface area contributed by atoms with E-state index in [4.69, 9.17) is 10.9 Å². The molecule has 0 fully saturated rings. The van der Waals surface area contributed by atoms with Crippen molar-refractivity contribution in [1.29, 1.82) is 0 Å². The van der Waals surface area contributed by atoms with Gasteiger partial charge in [-0.15, -0.1) is 0 Å². The molecule has 0 radical (unpaired) electrons. The second-order valence-corrected chi connectivity index (χ2v) is 4.02. The number of aliphatic hydroxyl groups excluding tert-OH is 1. The first-order valence-corrected chi connectivity index (χ1v) is 5.99. The van der Waals surface area contributed by atoms with Gasteiger partial charge in [0.25, 0.3) is 0 Å². The Bertz CT molecular complexity index is 395. The third-order valence-electron chi connectivity index (χ3n) is 2.68. The number of nitrogens with two attached hydrogens (primary N) is 1. The quantitative estimate of drug-likeness (QED) is 0.185. The minimum atomic E-state index is -0.269. The van der Waals surface area contributed by atoms with E-state index in [9.17, 15) is 5.11 Å². The van der Waals surface area contributed by atoms with Crippen molar-refractivity contribution in [3.8, 4) is 0 Å². The zero-order valence-corrected chi connectivity index (χ0v) is 10.5. The Hall–Kier alpha value is -1.66. The molecule has 1 unspecified atom stereocenters. The van der Waals surface area contributed by atoms with Crippen molar-refractivity contribution in [3.63, 3.8) is 0 Å². The van der Waals surface area contributed by atoms with Crippen LogP contribution in [-0.4, -0.2) is 33.8 Å². The Balaban J connectivity index is 2.52. The highest BCUT2D eigenvalue weighted by Gasteiger charge is 2.07. The normalized spacial score (nSPS) is 13.6. The maximum absolute atomic E-state index is 9.41. The number of aromatic nitrogens is 1. The van der Waals surface area contributed by atoms with E-state index in [1.165, 1.54) is 0 Å². The molecule has 0 saturated carbocycles. The fourth-order valence-electron chi connectivity index (χ4n) is 1.56. The summed E-state index contributed by atoms with van der Waals surface area (Å²) < 4.78 is 0. The van der Waals surface area contributed by atoms with Gasteiger partial charge in [0, 0.05) is 12.7 Å². The Morgan fingerprint density at radius 3 is 3.06 bits per heavy atom. The van der Waals surface area contributed by atoms with Gasteiger partial charge in [0.15, 0.2) is 5.84 Å². The van der Waals surface area contributed by atoms with Gasteiger partial charge in [-0.1, -0.05) is 18.1 Å². The monoisotopic (exact) mass is 252 g/mol. The highest BCUT2D eigenvalue weighted by molar-refractivity contribution is 5.96. The molecule has 1 aromatic heterocycles. The van der Waals surface area contributed by atoms with Crippen LogP contribution in [0.3, 0.4) is 0 Å². The summed E-state index contributed by atoms with van der Waals surface area (Å²) in [4.78, 5) is 4.07. The van der Waals surface area contributed by atoms with E-state index in [-0.39, 0.29) is 11.9 Å². The molecule has 18 heavy (non-hydrogen) atoms. The first-order chi connectivity index (χ1) is 8.69. The molecule has 5 N–H and O–H groups in total. The Labute approximate surface area is 107 Å². The standard InChI is InChI=1S/C12H20N4O2/c1-2-10(17)5-7-14-8-9-4-3-6-15-11(9)12(13)16-18/h3-4,6,10,14,17-18H,2,5,7-8H2,1H3,(H2,13,16). The fourth-order valence-corrected chi connectivity index (χ4v) is 1.56. The molecule has 100 valence electrons. The third kappa shape index (κ3) is 4.31.